The van der Waals surface area contributed by atoms with Crippen molar-refractivity contribution in [3.05, 3.63) is 17.3 Å². The number of carbonyl (C=O) groups excluding carboxylic acids is 1. The van der Waals surface area contributed by atoms with Crippen molar-refractivity contribution >= 4 is 39.2 Å². The molecular formula is C16H21N3O2S2. The Hall–Kier alpha value is -1.18. The Balaban J connectivity index is 1.68. The van der Waals surface area contributed by atoms with Gasteiger partial charge in [-0.3, -0.25) is 4.79 Å². The van der Waals surface area contributed by atoms with Crippen LogP contribution in [0.1, 0.15) is 25.6 Å². The van der Waals surface area contributed by atoms with Gasteiger partial charge in [0.05, 0.1) is 18.0 Å². The number of fused-ring (bicyclic) bond motifs is 1. The first-order valence-corrected chi connectivity index (χ1v) is 9.66. The van der Waals surface area contributed by atoms with Gasteiger partial charge in [-0.05, 0) is 26.3 Å². The van der Waals surface area contributed by atoms with Crippen LogP contribution in [0.2, 0.25) is 0 Å². The fourth-order valence-corrected chi connectivity index (χ4v) is 4.65. The van der Waals surface area contributed by atoms with E-state index < -0.39 is 0 Å². The van der Waals surface area contributed by atoms with E-state index in [1.54, 1.807) is 17.7 Å². The summed E-state index contributed by atoms with van der Waals surface area (Å²) in [5.41, 5.74) is 0. The lowest BCUT2D eigenvalue weighted by molar-refractivity contribution is -0.140. The zero-order valence-corrected chi connectivity index (χ0v) is 15.2. The highest BCUT2D eigenvalue weighted by Gasteiger charge is 2.26. The molecule has 3 rings (SSSR count). The van der Waals surface area contributed by atoms with Crippen molar-refractivity contribution < 1.29 is 9.53 Å². The molecule has 2 atom stereocenters. The number of nitrogens with zero attached hydrogens (tertiary/aromatic N) is 3. The Kier molecular flexibility index (Phi) is 5.18. The van der Waals surface area contributed by atoms with Crippen LogP contribution in [0.25, 0.3) is 10.2 Å². The number of ether oxygens (including phenoxy) is 1. The number of hydrogen-bond donors (Lipinski definition) is 0. The van der Waals surface area contributed by atoms with E-state index in [1.165, 1.54) is 16.6 Å². The van der Waals surface area contributed by atoms with Gasteiger partial charge in [-0.15, -0.1) is 11.3 Å². The molecule has 2 unspecified atom stereocenters. The smallest absolute Gasteiger partial charge is 0.233 e. The SMILES string of the molecule is CCc1cc2c(SCC(=O)N3CC(C)OC(C)C3)ncnc2s1. The largest absolute Gasteiger partial charge is 0.372 e. The monoisotopic (exact) mass is 351 g/mol. The lowest BCUT2D eigenvalue weighted by atomic mass is 10.2. The highest BCUT2D eigenvalue weighted by Crippen LogP contribution is 2.31. The van der Waals surface area contributed by atoms with Crippen molar-refractivity contribution in [1.82, 2.24) is 14.9 Å². The van der Waals surface area contributed by atoms with E-state index in [-0.39, 0.29) is 18.1 Å². The Labute approximate surface area is 144 Å². The molecule has 124 valence electrons. The molecule has 0 spiro atoms. The number of morpholine rings is 1. The molecule has 5 nitrogen and oxygen atoms in total. The van der Waals surface area contributed by atoms with E-state index in [2.05, 4.69) is 23.0 Å². The van der Waals surface area contributed by atoms with Gasteiger partial charge in [0.2, 0.25) is 5.91 Å². The maximum absolute atomic E-state index is 12.5. The molecule has 2 aromatic heterocycles. The summed E-state index contributed by atoms with van der Waals surface area (Å²) < 4.78 is 5.68. The number of aromatic nitrogens is 2. The summed E-state index contributed by atoms with van der Waals surface area (Å²) >= 11 is 3.20. The Morgan fingerprint density at radius 2 is 2.13 bits per heavy atom. The van der Waals surface area contributed by atoms with Gasteiger partial charge in [0.15, 0.2) is 0 Å². The van der Waals surface area contributed by atoms with Gasteiger partial charge in [0.1, 0.15) is 16.2 Å². The van der Waals surface area contributed by atoms with E-state index >= 15 is 0 Å². The quantitative estimate of drug-likeness (QED) is 0.626. The van der Waals surface area contributed by atoms with Crippen LogP contribution in [0.3, 0.4) is 0 Å². The minimum Gasteiger partial charge on any atom is -0.372 e. The Morgan fingerprint density at radius 3 is 2.83 bits per heavy atom. The lowest BCUT2D eigenvalue weighted by Gasteiger charge is -2.35. The van der Waals surface area contributed by atoms with Gasteiger partial charge >= 0.3 is 0 Å². The van der Waals surface area contributed by atoms with Gasteiger partial charge < -0.3 is 9.64 Å². The molecule has 0 aliphatic carbocycles. The molecule has 1 aliphatic heterocycles. The third kappa shape index (κ3) is 3.84. The number of thiophene rings is 1. The number of thioether (sulfide) groups is 1. The maximum Gasteiger partial charge on any atom is 0.233 e. The van der Waals surface area contributed by atoms with Crippen molar-refractivity contribution in [2.24, 2.45) is 0 Å². The third-order valence-electron chi connectivity index (χ3n) is 3.80. The Bertz CT molecular complexity index is 694. The van der Waals surface area contributed by atoms with Gasteiger partial charge in [-0.25, -0.2) is 9.97 Å². The van der Waals surface area contributed by atoms with Gasteiger partial charge in [0.25, 0.3) is 0 Å². The molecule has 2 aromatic rings. The van der Waals surface area contributed by atoms with Gasteiger partial charge in [-0.1, -0.05) is 18.7 Å². The number of rotatable bonds is 4. The number of aryl methyl sites for hydroxylation is 1. The number of amides is 1. The average Bonchev–Trinajstić information content (AvgIpc) is 2.95. The minimum atomic E-state index is 0.0995. The molecule has 3 heterocycles. The van der Waals surface area contributed by atoms with Crippen LogP contribution < -0.4 is 0 Å². The zero-order chi connectivity index (χ0) is 16.4. The molecule has 1 amide bonds. The van der Waals surface area contributed by atoms with E-state index in [0.717, 1.165) is 21.7 Å². The van der Waals surface area contributed by atoms with E-state index in [4.69, 9.17) is 4.74 Å². The summed E-state index contributed by atoms with van der Waals surface area (Å²) in [6, 6.07) is 2.14. The summed E-state index contributed by atoms with van der Waals surface area (Å²) in [6.07, 6.45) is 2.78. The topological polar surface area (TPSA) is 55.3 Å². The molecule has 1 fully saturated rings. The first-order chi connectivity index (χ1) is 11.1. The fraction of sp³-hybridized carbons (Fsp3) is 0.562. The summed E-state index contributed by atoms with van der Waals surface area (Å²) in [6.45, 7) is 7.49. The maximum atomic E-state index is 12.5. The Morgan fingerprint density at radius 1 is 1.39 bits per heavy atom. The summed E-state index contributed by atoms with van der Waals surface area (Å²) in [5.74, 6) is 0.553. The number of carbonyl (C=O) groups is 1. The molecule has 1 aliphatic rings. The standard InChI is InChI=1S/C16H21N3O2S2/c1-4-12-5-13-15(17-9-18-16(13)23-12)22-8-14(20)19-6-10(2)21-11(3)7-19/h5,9-11H,4,6-8H2,1-3H3. The highest BCUT2D eigenvalue weighted by molar-refractivity contribution is 8.00. The summed E-state index contributed by atoms with van der Waals surface area (Å²) in [7, 11) is 0. The molecule has 0 saturated carbocycles. The van der Waals surface area contributed by atoms with Crippen LogP contribution in [0, 0.1) is 0 Å². The first kappa shape index (κ1) is 16.7. The predicted molar refractivity (Wildman–Crippen MR) is 94.1 cm³/mol. The molecule has 0 N–H and O–H groups in total. The molecule has 0 aromatic carbocycles. The highest BCUT2D eigenvalue weighted by atomic mass is 32.2. The van der Waals surface area contributed by atoms with E-state index in [1.807, 2.05) is 18.7 Å². The van der Waals surface area contributed by atoms with Crippen LogP contribution in [-0.4, -0.2) is 51.8 Å². The van der Waals surface area contributed by atoms with E-state index in [9.17, 15) is 4.79 Å². The second-order valence-corrected chi connectivity index (χ2v) is 7.89. The van der Waals surface area contributed by atoms with Crippen LogP contribution in [0.5, 0.6) is 0 Å². The second kappa shape index (κ2) is 7.15. The fourth-order valence-electron chi connectivity index (χ4n) is 2.78. The van der Waals surface area contributed by atoms with Crippen molar-refractivity contribution in [3.63, 3.8) is 0 Å². The minimum absolute atomic E-state index is 0.0995. The molecular weight excluding hydrogens is 330 g/mol. The van der Waals surface area contributed by atoms with Crippen molar-refractivity contribution in [3.8, 4) is 0 Å². The third-order valence-corrected chi connectivity index (χ3v) is 5.97. The van der Waals surface area contributed by atoms with Gasteiger partial charge in [-0.2, -0.15) is 0 Å². The molecule has 7 heteroatoms. The van der Waals surface area contributed by atoms with Crippen LogP contribution in [0.15, 0.2) is 17.4 Å². The zero-order valence-electron chi connectivity index (χ0n) is 13.6. The molecule has 23 heavy (non-hydrogen) atoms. The summed E-state index contributed by atoms with van der Waals surface area (Å²) in [4.78, 5) is 25.4. The second-order valence-electron chi connectivity index (χ2n) is 5.81. The van der Waals surface area contributed by atoms with Crippen molar-refractivity contribution in [1.29, 1.82) is 0 Å². The van der Waals surface area contributed by atoms with Crippen molar-refractivity contribution in [2.45, 2.75) is 44.4 Å². The summed E-state index contributed by atoms with van der Waals surface area (Å²) in [5, 5.41) is 1.96. The average molecular weight is 351 g/mol. The lowest BCUT2D eigenvalue weighted by Crippen LogP contribution is -2.48. The molecule has 0 radical (unpaired) electrons. The van der Waals surface area contributed by atoms with Crippen LogP contribution in [0.4, 0.5) is 0 Å². The number of hydrogen-bond acceptors (Lipinski definition) is 6. The molecule has 0 bridgehead atoms. The first-order valence-electron chi connectivity index (χ1n) is 7.86. The van der Waals surface area contributed by atoms with Gasteiger partial charge in [0, 0.05) is 23.4 Å². The predicted octanol–water partition coefficient (Wildman–Crippen LogP) is 2.98. The van der Waals surface area contributed by atoms with E-state index in [0.29, 0.717) is 18.8 Å². The van der Waals surface area contributed by atoms with Crippen LogP contribution >= 0.6 is 23.1 Å². The van der Waals surface area contributed by atoms with Crippen molar-refractivity contribution in [2.75, 3.05) is 18.8 Å². The normalized spacial score (nSPS) is 21.8. The molecule has 1 saturated heterocycles. The van der Waals surface area contributed by atoms with Crippen LogP contribution in [-0.2, 0) is 16.0 Å².